The summed E-state index contributed by atoms with van der Waals surface area (Å²) in [5, 5.41) is 10.0. The van der Waals surface area contributed by atoms with Gasteiger partial charge < -0.3 is 19.3 Å². The Balaban J connectivity index is 2.57. The molecule has 2 aliphatic heterocycles. The van der Waals surface area contributed by atoms with Gasteiger partial charge in [0.15, 0.2) is 0 Å². The Morgan fingerprint density at radius 3 is 2.94 bits per heavy atom. The first-order valence-corrected chi connectivity index (χ1v) is 5.04. The average Bonchev–Trinajstić information content (AvgIpc) is 2.22. The van der Waals surface area contributed by atoms with Crippen LogP contribution in [-0.2, 0) is 19.0 Å². The summed E-state index contributed by atoms with van der Waals surface area (Å²) in [7, 11) is 1.43. The van der Waals surface area contributed by atoms with E-state index in [1.165, 1.54) is 13.2 Å². The second-order valence-corrected chi connectivity index (χ2v) is 4.05. The van der Waals surface area contributed by atoms with E-state index < -0.39 is 11.8 Å². The molecule has 5 nitrogen and oxygen atoms in total. The van der Waals surface area contributed by atoms with Gasteiger partial charge in [0.2, 0.25) is 5.79 Å². The second-order valence-electron chi connectivity index (χ2n) is 4.05. The average molecular weight is 226 g/mol. The van der Waals surface area contributed by atoms with Crippen molar-refractivity contribution in [2.45, 2.75) is 19.6 Å². The second kappa shape index (κ2) is 3.52. The van der Waals surface area contributed by atoms with Crippen LogP contribution in [0.5, 0.6) is 0 Å². The minimum Gasteiger partial charge on any atom is -0.511 e. The quantitative estimate of drug-likeness (QED) is 0.682. The molecule has 0 spiro atoms. The zero-order valence-corrected chi connectivity index (χ0v) is 9.44. The lowest BCUT2D eigenvalue weighted by molar-refractivity contribution is -0.216. The predicted molar refractivity (Wildman–Crippen MR) is 54.4 cm³/mol. The van der Waals surface area contributed by atoms with E-state index in [1.54, 1.807) is 6.92 Å². The number of hydrogen-bond donors (Lipinski definition) is 1. The van der Waals surface area contributed by atoms with Gasteiger partial charge in [0.25, 0.3) is 0 Å². The normalized spacial score (nSPS) is 34.1. The minimum absolute atomic E-state index is 0.140. The number of rotatable bonds is 1. The topological polar surface area (TPSA) is 65.0 Å². The third-order valence-electron chi connectivity index (χ3n) is 2.80. The van der Waals surface area contributed by atoms with Crippen LogP contribution in [0.4, 0.5) is 0 Å². The summed E-state index contributed by atoms with van der Waals surface area (Å²) in [6.07, 6.45) is 1.20. The maximum absolute atomic E-state index is 11.3. The molecule has 0 unspecified atom stereocenters. The summed E-state index contributed by atoms with van der Waals surface area (Å²) in [5.74, 6) is -1.48. The molecule has 2 atom stereocenters. The molecule has 0 aliphatic carbocycles. The minimum atomic E-state index is -1.24. The molecule has 1 N–H and O–H groups in total. The lowest BCUT2D eigenvalue weighted by Crippen LogP contribution is -2.45. The van der Waals surface area contributed by atoms with Gasteiger partial charge in [-0.1, -0.05) is 6.92 Å². The Labute approximate surface area is 93.3 Å². The van der Waals surface area contributed by atoms with E-state index in [1.807, 2.05) is 6.92 Å². The number of aliphatic hydroxyl groups excluding tert-OH is 1. The van der Waals surface area contributed by atoms with E-state index in [0.29, 0.717) is 17.9 Å². The van der Waals surface area contributed by atoms with Crippen LogP contribution in [0.25, 0.3) is 0 Å². The van der Waals surface area contributed by atoms with Crippen molar-refractivity contribution in [1.82, 2.24) is 0 Å². The Bertz CT molecular complexity index is 395. The van der Waals surface area contributed by atoms with Crippen molar-refractivity contribution in [3.05, 3.63) is 23.2 Å². The Hall–Kier alpha value is -1.49. The summed E-state index contributed by atoms with van der Waals surface area (Å²) >= 11 is 0. The molecule has 0 radical (unpaired) electrons. The van der Waals surface area contributed by atoms with Crippen LogP contribution >= 0.6 is 0 Å². The maximum atomic E-state index is 11.3. The van der Waals surface area contributed by atoms with Crippen molar-refractivity contribution in [3.8, 4) is 0 Å². The van der Waals surface area contributed by atoms with Crippen LogP contribution in [0.1, 0.15) is 13.8 Å². The largest absolute Gasteiger partial charge is 0.511 e. The highest BCUT2D eigenvalue weighted by Gasteiger charge is 2.47. The number of carbonyl (C=O) groups is 1. The van der Waals surface area contributed by atoms with Gasteiger partial charge in [0.1, 0.15) is 17.1 Å². The molecule has 2 aliphatic rings. The molecular weight excluding hydrogens is 212 g/mol. The van der Waals surface area contributed by atoms with E-state index >= 15 is 0 Å². The Morgan fingerprint density at radius 1 is 1.62 bits per heavy atom. The monoisotopic (exact) mass is 226 g/mol. The molecule has 0 amide bonds. The molecule has 5 heteroatoms. The van der Waals surface area contributed by atoms with Crippen molar-refractivity contribution < 1.29 is 24.1 Å². The first-order valence-electron chi connectivity index (χ1n) is 5.04. The number of aliphatic hydroxyl groups is 1. The first kappa shape index (κ1) is 11.0. The van der Waals surface area contributed by atoms with Crippen LogP contribution in [0.15, 0.2) is 23.2 Å². The maximum Gasteiger partial charge on any atom is 0.337 e. The number of methoxy groups -OCH3 is 1. The lowest BCUT2D eigenvalue weighted by atomic mass is 9.93. The summed E-state index contributed by atoms with van der Waals surface area (Å²) in [4.78, 5) is 11.3. The van der Waals surface area contributed by atoms with Crippen molar-refractivity contribution in [2.24, 2.45) is 5.92 Å². The third-order valence-corrected chi connectivity index (χ3v) is 2.80. The predicted octanol–water partition coefficient (Wildman–Crippen LogP) is 1.27. The SMILES string of the molecule is COC1=CC(=O)O[C@]2(C)OC[C@H](C)C(O)=C12. The molecule has 88 valence electrons. The van der Waals surface area contributed by atoms with Gasteiger partial charge in [-0.05, 0) is 0 Å². The van der Waals surface area contributed by atoms with Crippen LogP contribution in [0.3, 0.4) is 0 Å². The van der Waals surface area contributed by atoms with E-state index in [9.17, 15) is 9.90 Å². The molecular formula is C11H14O5. The number of carbonyl (C=O) groups excluding carboxylic acids is 1. The van der Waals surface area contributed by atoms with Crippen molar-refractivity contribution in [2.75, 3.05) is 13.7 Å². The van der Waals surface area contributed by atoms with Crippen LogP contribution < -0.4 is 0 Å². The molecule has 0 aromatic heterocycles. The summed E-state index contributed by atoms with van der Waals surface area (Å²) in [6.45, 7) is 3.72. The number of esters is 1. The summed E-state index contributed by atoms with van der Waals surface area (Å²) in [6, 6.07) is 0. The van der Waals surface area contributed by atoms with Gasteiger partial charge in [-0.15, -0.1) is 0 Å². The van der Waals surface area contributed by atoms with Gasteiger partial charge in [0, 0.05) is 12.8 Å². The molecule has 0 saturated heterocycles. The highest BCUT2D eigenvalue weighted by molar-refractivity contribution is 5.86. The van der Waals surface area contributed by atoms with Gasteiger partial charge in [0.05, 0.1) is 19.8 Å². The fourth-order valence-corrected chi connectivity index (χ4v) is 1.91. The van der Waals surface area contributed by atoms with Crippen LogP contribution in [-0.4, -0.2) is 30.6 Å². The Kier molecular flexibility index (Phi) is 2.42. The highest BCUT2D eigenvalue weighted by Crippen LogP contribution is 2.40. The van der Waals surface area contributed by atoms with Gasteiger partial charge >= 0.3 is 5.97 Å². The highest BCUT2D eigenvalue weighted by atomic mass is 16.7. The van der Waals surface area contributed by atoms with Gasteiger partial charge in [-0.2, -0.15) is 0 Å². The van der Waals surface area contributed by atoms with Crippen molar-refractivity contribution >= 4 is 5.97 Å². The number of ether oxygens (including phenoxy) is 3. The molecule has 0 bridgehead atoms. The fraction of sp³-hybridized carbons (Fsp3) is 0.545. The summed E-state index contributed by atoms with van der Waals surface area (Å²) < 4.78 is 15.6. The van der Waals surface area contributed by atoms with Crippen molar-refractivity contribution in [3.63, 3.8) is 0 Å². The molecule has 2 rings (SSSR count). The molecule has 0 saturated carbocycles. The zero-order chi connectivity index (χ0) is 11.9. The van der Waals surface area contributed by atoms with Crippen molar-refractivity contribution in [1.29, 1.82) is 0 Å². The number of fused-ring (bicyclic) bond motifs is 1. The van der Waals surface area contributed by atoms with E-state index in [4.69, 9.17) is 14.2 Å². The Morgan fingerprint density at radius 2 is 2.31 bits per heavy atom. The zero-order valence-electron chi connectivity index (χ0n) is 9.44. The molecule has 0 aromatic carbocycles. The van der Waals surface area contributed by atoms with Crippen LogP contribution in [0, 0.1) is 5.92 Å². The standard InChI is InChI=1S/C11H14O5/c1-6-5-15-11(2)9(10(6)13)7(14-3)4-8(12)16-11/h4,6,13H,5H2,1-3H3/t6-,11-/m0/s1. The third kappa shape index (κ3) is 1.48. The smallest absolute Gasteiger partial charge is 0.337 e. The fourth-order valence-electron chi connectivity index (χ4n) is 1.91. The first-order chi connectivity index (χ1) is 7.48. The molecule has 2 heterocycles. The van der Waals surface area contributed by atoms with E-state index in [-0.39, 0.29) is 11.7 Å². The van der Waals surface area contributed by atoms with Gasteiger partial charge in [-0.3, -0.25) is 0 Å². The molecule has 0 fully saturated rings. The molecule has 16 heavy (non-hydrogen) atoms. The van der Waals surface area contributed by atoms with E-state index in [2.05, 4.69) is 0 Å². The van der Waals surface area contributed by atoms with Gasteiger partial charge in [-0.25, -0.2) is 4.79 Å². The molecule has 0 aromatic rings. The number of hydrogen-bond acceptors (Lipinski definition) is 5. The lowest BCUT2D eigenvalue weighted by Gasteiger charge is -2.39. The van der Waals surface area contributed by atoms with E-state index in [0.717, 1.165) is 0 Å². The van der Waals surface area contributed by atoms with Crippen LogP contribution in [0.2, 0.25) is 0 Å². The summed E-state index contributed by atoms with van der Waals surface area (Å²) in [5.41, 5.74) is 0.397.